The predicted octanol–water partition coefficient (Wildman–Crippen LogP) is 1.39. The number of halogens is 1. The summed E-state index contributed by atoms with van der Waals surface area (Å²) in [5.74, 6) is 0. The van der Waals surface area contributed by atoms with Crippen molar-refractivity contribution in [2.75, 3.05) is 26.3 Å². The van der Waals surface area contributed by atoms with Crippen LogP contribution in [-0.4, -0.2) is 26.3 Å². The van der Waals surface area contributed by atoms with Crippen LogP contribution in [0.2, 0.25) is 0 Å². The first-order valence-corrected chi connectivity index (χ1v) is 3.43. The molecule has 3 heteroatoms. The van der Waals surface area contributed by atoms with Gasteiger partial charge in [0.2, 0.25) is 0 Å². The molecule has 0 aromatic carbocycles. The molecule has 0 amide bonds. The third-order valence-electron chi connectivity index (χ3n) is 1.01. The van der Waals surface area contributed by atoms with Gasteiger partial charge in [-0.05, 0) is 0 Å². The molecule has 11 heavy (non-hydrogen) atoms. The molecule has 0 spiro atoms. The number of morpholine rings is 1. The maximum atomic E-state index is 5.01. The average Bonchev–Trinajstić information content (AvgIpc) is 2.08. The molecular weight excluding hydrogens is 162 g/mol. The molecule has 0 aromatic heterocycles. The van der Waals surface area contributed by atoms with Gasteiger partial charge in [-0.2, -0.15) is 0 Å². The fourth-order valence-corrected chi connectivity index (χ4v) is 0.516. The lowest BCUT2D eigenvalue weighted by atomic mass is 10.5. The summed E-state index contributed by atoms with van der Waals surface area (Å²) < 4.78 is 5.01. The van der Waals surface area contributed by atoms with Gasteiger partial charge in [-0.25, -0.2) is 0 Å². The molecule has 1 aliphatic heterocycles. The van der Waals surface area contributed by atoms with Gasteiger partial charge in [0.05, 0.1) is 13.2 Å². The van der Waals surface area contributed by atoms with E-state index in [1.165, 1.54) is 0 Å². The van der Waals surface area contributed by atoms with Gasteiger partial charge in [0.15, 0.2) is 0 Å². The van der Waals surface area contributed by atoms with E-state index in [0.717, 1.165) is 26.3 Å². The van der Waals surface area contributed by atoms with Crippen molar-refractivity contribution in [1.82, 2.24) is 5.32 Å². The summed E-state index contributed by atoms with van der Waals surface area (Å²) in [7, 11) is 0. The molecule has 2 nitrogen and oxygen atoms in total. The van der Waals surface area contributed by atoms with Crippen molar-refractivity contribution in [2.45, 2.75) is 0 Å². The highest BCUT2D eigenvalue weighted by Gasteiger charge is 1.92. The second-order valence-electron chi connectivity index (χ2n) is 1.83. The van der Waals surface area contributed by atoms with Crippen molar-refractivity contribution in [2.24, 2.45) is 0 Å². The van der Waals surface area contributed by atoms with Crippen LogP contribution < -0.4 is 5.32 Å². The van der Waals surface area contributed by atoms with Crippen LogP contribution in [-0.2, 0) is 4.74 Å². The van der Waals surface area contributed by atoms with E-state index in [1.54, 1.807) is 12.2 Å². The lowest BCUT2D eigenvalue weighted by molar-refractivity contribution is 0.109. The number of hydrogen-bond donors (Lipinski definition) is 1. The van der Waals surface area contributed by atoms with Gasteiger partial charge in [-0.1, -0.05) is 25.3 Å². The van der Waals surface area contributed by atoms with Crippen LogP contribution in [0.15, 0.2) is 25.3 Å². The summed E-state index contributed by atoms with van der Waals surface area (Å²) >= 11 is 0. The molecule has 1 rings (SSSR count). The third kappa shape index (κ3) is 12.8. The molecule has 1 heterocycles. The highest BCUT2D eigenvalue weighted by molar-refractivity contribution is 5.85. The minimum Gasteiger partial charge on any atom is -0.379 e. The minimum atomic E-state index is 0. The first-order valence-electron chi connectivity index (χ1n) is 3.43. The van der Waals surface area contributed by atoms with E-state index in [2.05, 4.69) is 18.5 Å². The Morgan fingerprint density at radius 2 is 1.55 bits per heavy atom. The molecule has 0 radical (unpaired) electrons. The smallest absolute Gasteiger partial charge is 0.0591 e. The van der Waals surface area contributed by atoms with Crippen molar-refractivity contribution in [3.63, 3.8) is 0 Å². The fraction of sp³-hybridized carbons (Fsp3) is 0.500. The third-order valence-corrected chi connectivity index (χ3v) is 1.01. The van der Waals surface area contributed by atoms with Crippen molar-refractivity contribution in [3.05, 3.63) is 25.3 Å². The minimum absolute atomic E-state index is 0. The van der Waals surface area contributed by atoms with Gasteiger partial charge >= 0.3 is 0 Å². The zero-order chi connectivity index (χ0) is 7.66. The Balaban J connectivity index is 0. The number of hydrogen-bond acceptors (Lipinski definition) is 2. The first kappa shape index (κ1) is 13.3. The van der Waals surface area contributed by atoms with Crippen LogP contribution in [0.25, 0.3) is 0 Å². The molecule has 0 unspecified atom stereocenters. The van der Waals surface area contributed by atoms with E-state index in [-0.39, 0.29) is 12.4 Å². The molecule has 0 atom stereocenters. The maximum Gasteiger partial charge on any atom is 0.0591 e. The van der Waals surface area contributed by atoms with E-state index in [1.807, 2.05) is 0 Å². The van der Waals surface area contributed by atoms with E-state index in [0.29, 0.717) is 0 Å². The van der Waals surface area contributed by atoms with Gasteiger partial charge in [0.25, 0.3) is 0 Å². The standard InChI is InChI=1S/C4H9NO.C4H6.ClH/c1-3-6-4-2-5-1;1-3-4-2;/h5H,1-4H2;3-4H,1-2H2;1H. The summed E-state index contributed by atoms with van der Waals surface area (Å²) in [5.41, 5.74) is 0. The second kappa shape index (κ2) is 12.4. The molecule has 1 N–H and O–H groups in total. The van der Waals surface area contributed by atoms with Crippen LogP contribution >= 0.6 is 12.4 Å². The number of nitrogens with one attached hydrogen (secondary N) is 1. The molecule has 0 bridgehead atoms. The van der Waals surface area contributed by atoms with Crippen LogP contribution in [0.3, 0.4) is 0 Å². The molecule has 0 saturated carbocycles. The molecule has 1 fully saturated rings. The number of rotatable bonds is 1. The lowest BCUT2D eigenvalue weighted by Crippen LogP contribution is -2.30. The van der Waals surface area contributed by atoms with Gasteiger partial charge in [-0.15, -0.1) is 12.4 Å². The quantitative estimate of drug-likeness (QED) is 0.612. The molecule has 0 aliphatic carbocycles. The van der Waals surface area contributed by atoms with E-state index >= 15 is 0 Å². The maximum absolute atomic E-state index is 5.01. The van der Waals surface area contributed by atoms with Crippen molar-refractivity contribution >= 4 is 12.4 Å². The summed E-state index contributed by atoms with van der Waals surface area (Å²) in [6.07, 6.45) is 3.28. The van der Waals surface area contributed by atoms with Crippen LogP contribution in [0, 0.1) is 0 Å². The molecule has 1 saturated heterocycles. The second-order valence-corrected chi connectivity index (χ2v) is 1.83. The van der Waals surface area contributed by atoms with Gasteiger partial charge < -0.3 is 10.1 Å². The van der Waals surface area contributed by atoms with Crippen molar-refractivity contribution in [1.29, 1.82) is 0 Å². The van der Waals surface area contributed by atoms with Crippen LogP contribution in [0.5, 0.6) is 0 Å². The Bertz CT molecular complexity index is 74.6. The Kier molecular flexibility index (Phi) is 15.0. The molecule has 66 valence electrons. The Morgan fingerprint density at radius 1 is 1.09 bits per heavy atom. The zero-order valence-corrected chi connectivity index (χ0v) is 7.53. The molecule has 1 aliphatic rings. The normalized spacial score (nSPS) is 14.9. The monoisotopic (exact) mass is 177 g/mol. The first-order chi connectivity index (χ1) is 4.91. The summed E-state index contributed by atoms with van der Waals surface area (Å²) in [6, 6.07) is 0. The van der Waals surface area contributed by atoms with E-state index in [9.17, 15) is 0 Å². The molecule has 0 aromatic rings. The highest BCUT2D eigenvalue weighted by Crippen LogP contribution is 1.76. The van der Waals surface area contributed by atoms with Gasteiger partial charge in [-0.3, -0.25) is 0 Å². The van der Waals surface area contributed by atoms with Gasteiger partial charge in [0.1, 0.15) is 0 Å². The SMILES string of the molecule is C1COCCN1.C=CC=C.Cl. The zero-order valence-electron chi connectivity index (χ0n) is 6.71. The fourth-order valence-electron chi connectivity index (χ4n) is 0.516. The largest absolute Gasteiger partial charge is 0.379 e. The summed E-state index contributed by atoms with van der Waals surface area (Å²) in [4.78, 5) is 0. The summed E-state index contributed by atoms with van der Waals surface area (Å²) in [5, 5.41) is 3.16. The number of ether oxygens (including phenoxy) is 1. The van der Waals surface area contributed by atoms with E-state index in [4.69, 9.17) is 4.74 Å². The van der Waals surface area contributed by atoms with Crippen molar-refractivity contribution in [3.8, 4) is 0 Å². The van der Waals surface area contributed by atoms with Gasteiger partial charge in [0, 0.05) is 13.1 Å². The average molecular weight is 178 g/mol. The predicted molar refractivity (Wildman–Crippen MR) is 51.3 cm³/mol. The van der Waals surface area contributed by atoms with Crippen LogP contribution in [0.1, 0.15) is 0 Å². The highest BCUT2D eigenvalue weighted by atomic mass is 35.5. The van der Waals surface area contributed by atoms with Crippen LogP contribution in [0.4, 0.5) is 0 Å². The summed E-state index contributed by atoms with van der Waals surface area (Å²) in [6.45, 7) is 10.6. The van der Waals surface area contributed by atoms with Crippen molar-refractivity contribution < 1.29 is 4.74 Å². The lowest BCUT2D eigenvalue weighted by Gasteiger charge is -2.10. The number of allylic oxidation sites excluding steroid dienone is 2. The van der Waals surface area contributed by atoms with E-state index < -0.39 is 0 Å². The Morgan fingerprint density at radius 3 is 1.64 bits per heavy atom. The topological polar surface area (TPSA) is 21.3 Å². The Hall–Kier alpha value is -0.310. The molecular formula is C8H16ClNO. The Labute approximate surface area is 74.7 Å².